The smallest absolute Gasteiger partial charge is 0.323 e. The molecule has 0 saturated heterocycles. The number of urea groups is 1. The Balaban J connectivity index is 2.68. The van der Waals surface area contributed by atoms with Gasteiger partial charge in [-0.2, -0.15) is 0 Å². The summed E-state index contributed by atoms with van der Waals surface area (Å²) in [5, 5.41) is 5.33. The molecule has 0 fully saturated rings. The Morgan fingerprint density at radius 2 is 2.00 bits per heavy atom. The zero-order valence-corrected chi connectivity index (χ0v) is 11.7. The molecule has 0 spiro atoms. The van der Waals surface area contributed by atoms with Gasteiger partial charge in [-0.1, -0.05) is 19.9 Å². The molecule has 0 radical (unpaired) electrons. The first kappa shape index (κ1) is 14.9. The van der Waals surface area contributed by atoms with Gasteiger partial charge in [0.25, 0.3) is 0 Å². The van der Waals surface area contributed by atoms with Crippen molar-refractivity contribution in [3.63, 3.8) is 0 Å². The van der Waals surface area contributed by atoms with Crippen molar-refractivity contribution in [2.24, 2.45) is 5.92 Å². The first-order valence-corrected chi connectivity index (χ1v) is 6.03. The van der Waals surface area contributed by atoms with Gasteiger partial charge >= 0.3 is 6.03 Å². The van der Waals surface area contributed by atoms with E-state index in [1.807, 2.05) is 19.9 Å². The van der Waals surface area contributed by atoms with Gasteiger partial charge in [-0.3, -0.25) is 0 Å². The quantitative estimate of drug-likeness (QED) is 0.859. The number of hydrogen-bond donors (Lipinski definition) is 2. The summed E-state index contributed by atoms with van der Waals surface area (Å²) in [5.41, 5.74) is 0.582. The average molecular weight is 264 g/mol. The van der Waals surface area contributed by atoms with Crippen molar-refractivity contribution < 1.29 is 14.3 Å². The molecule has 5 nitrogen and oxygen atoms in total. The molecule has 0 aromatic heterocycles. The fraction of sp³-hybridized carbons (Fsp3) is 0.357. The summed E-state index contributed by atoms with van der Waals surface area (Å²) in [6.07, 6.45) is 3.51. The molecule has 2 amide bonds. The van der Waals surface area contributed by atoms with E-state index in [1.165, 1.54) is 7.11 Å². The second-order valence-electron chi connectivity index (χ2n) is 4.27. The Morgan fingerprint density at radius 3 is 2.58 bits per heavy atom. The highest BCUT2D eigenvalue weighted by Gasteiger charge is 2.07. The molecule has 0 aliphatic heterocycles. The van der Waals surface area contributed by atoms with Crippen molar-refractivity contribution in [3.05, 3.63) is 30.5 Å². The normalized spacial score (nSPS) is 10.6. The van der Waals surface area contributed by atoms with Crippen molar-refractivity contribution in [2.75, 3.05) is 19.5 Å². The number of methoxy groups -OCH3 is 2. The minimum Gasteiger partial charge on any atom is -0.497 e. The molecule has 0 unspecified atom stereocenters. The molecule has 1 rings (SSSR count). The van der Waals surface area contributed by atoms with Gasteiger partial charge in [-0.15, -0.1) is 0 Å². The number of ether oxygens (including phenoxy) is 2. The molecule has 1 aromatic rings. The van der Waals surface area contributed by atoms with Gasteiger partial charge in [-0.25, -0.2) is 4.79 Å². The van der Waals surface area contributed by atoms with Crippen LogP contribution in [0.5, 0.6) is 11.5 Å². The van der Waals surface area contributed by atoms with Crippen LogP contribution in [0.4, 0.5) is 10.5 Å². The van der Waals surface area contributed by atoms with Crippen LogP contribution in [0.3, 0.4) is 0 Å². The molecule has 0 atom stereocenters. The van der Waals surface area contributed by atoms with Gasteiger partial charge in [-0.05, 0) is 18.1 Å². The molecule has 1 aromatic carbocycles. The highest BCUT2D eigenvalue weighted by Crippen LogP contribution is 2.28. The van der Waals surface area contributed by atoms with E-state index in [9.17, 15) is 4.79 Å². The van der Waals surface area contributed by atoms with Crippen molar-refractivity contribution in [1.82, 2.24) is 5.32 Å². The monoisotopic (exact) mass is 264 g/mol. The third-order valence-electron chi connectivity index (χ3n) is 2.35. The van der Waals surface area contributed by atoms with Gasteiger partial charge < -0.3 is 20.1 Å². The van der Waals surface area contributed by atoms with Crippen LogP contribution >= 0.6 is 0 Å². The Morgan fingerprint density at radius 1 is 1.26 bits per heavy atom. The van der Waals surface area contributed by atoms with Gasteiger partial charge in [0, 0.05) is 12.3 Å². The fourth-order valence-electron chi connectivity index (χ4n) is 1.38. The maximum atomic E-state index is 11.7. The maximum Gasteiger partial charge on any atom is 0.323 e. The number of carbonyl (C=O) groups excluding carboxylic acids is 1. The summed E-state index contributed by atoms with van der Waals surface area (Å²) in [6.45, 7) is 4.06. The van der Waals surface area contributed by atoms with Crippen molar-refractivity contribution in [2.45, 2.75) is 13.8 Å². The Kier molecular flexibility index (Phi) is 5.73. The van der Waals surface area contributed by atoms with E-state index < -0.39 is 0 Å². The molecular weight excluding hydrogens is 244 g/mol. The van der Waals surface area contributed by atoms with Gasteiger partial charge in [0.05, 0.1) is 19.9 Å². The number of carbonyl (C=O) groups is 1. The standard InChI is InChI=1S/C14H20N2O3/c1-10(2)7-8-15-14(17)16-12-6-5-11(18-3)9-13(12)19-4/h5-10H,1-4H3,(H2,15,16,17)/b8-7+. The van der Waals surface area contributed by atoms with Gasteiger partial charge in [0.1, 0.15) is 11.5 Å². The molecule has 0 bridgehead atoms. The van der Waals surface area contributed by atoms with E-state index >= 15 is 0 Å². The van der Waals surface area contributed by atoms with Gasteiger partial charge in [0.15, 0.2) is 0 Å². The van der Waals surface area contributed by atoms with Crippen LogP contribution in [0, 0.1) is 5.92 Å². The fourth-order valence-corrected chi connectivity index (χ4v) is 1.38. The lowest BCUT2D eigenvalue weighted by molar-refractivity contribution is 0.255. The Hall–Kier alpha value is -2.17. The van der Waals surface area contributed by atoms with E-state index in [1.54, 1.807) is 31.5 Å². The molecular formula is C14H20N2O3. The maximum absolute atomic E-state index is 11.7. The van der Waals surface area contributed by atoms with Crippen LogP contribution in [0.1, 0.15) is 13.8 Å². The molecule has 0 saturated carbocycles. The third kappa shape index (κ3) is 4.91. The summed E-state index contributed by atoms with van der Waals surface area (Å²) >= 11 is 0. The third-order valence-corrected chi connectivity index (χ3v) is 2.35. The second-order valence-corrected chi connectivity index (χ2v) is 4.27. The van der Waals surface area contributed by atoms with Crippen molar-refractivity contribution >= 4 is 11.7 Å². The van der Waals surface area contributed by atoms with Crippen LogP contribution in [-0.4, -0.2) is 20.3 Å². The molecule has 2 N–H and O–H groups in total. The van der Waals surface area contributed by atoms with E-state index in [4.69, 9.17) is 9.47 Å². The number of nitrogens with one attached hydrogen (secondary N) is 2. The topological polar surface area (TPSA) is 59.6 Å². The summed E-state index contributed by atoms with van der Waals surface area (Å²) in [4.78, 5) is 11.7. The largest absolute Gasteiger partial charge is 0.497 e. The summed E-state index contributed by atoms with van der Waals surface area (Å²) < 4.78 is 10.3. The van der Waals surface area contributed by atoms with Crippen LogP contribution < -0.4 is 20.1 Å². The molecule has 104 valence electrons. The van der Waals surface area contributed by atoms with Gasteiger partial charge in [0.2, 0.25) is 0 Å². The molecule has 0 aliphatic rings. The SMILES string of the molecule is COc1ccc(NC(=O)N/C=C/C(C)C)c(OC)c1. The predicted molar refractivity (Wildman–Crippen MR) is 75.7 cm³/mol. The molecule has 0 heterocycles. The minimum absolute atomic E-state index is 0.319. The van der Waals surface area contributed by atoms with Crippen LogP contribution in [0.25, 0.3) is 0 Å². The zero-order chi connectivity index (χ0) is 14.3. The summed E-state index contributed by atoms with van der Waals surface area (Å²) in [5.74, 6) is 1.60. The number of benzene rings is 1. The first-order chi connectivity index (χ1) is 9.06. The van der Waals surface area contributed by atoms with E-state index in [2.05, 4.69) is 10.6 Å². The highest BCUT2D eigenvalue weighted by molar-refractivity contribution is 5.91. The number of allylic oxidation sites excluding steroid dienone is 1. The zero-order valence-electron chi connectivity index (χ0n) is 11.7. The Bertz CT molecular complexity index is 456. The van der Waals surface area contributed by atoms with Crippen LogP contribution in [-0.2, 0) is 0 Å². The first-order valence-electron chi connectivity index (χ1n) is 6.03. The summed E-state index contributed by atoms with van der Waals surface area (Å²) in [7, 11) is 3.11. The predicted octanol–water partition coefficient (Wildman–Crippen LogP) is 3.00. The number of rotatable bonds is 5. The lowest BCUT2D eigenvalue weighted by Gasteiger charge is -2.11. The minimum atomic E-state index is -0.319. The van der Waals surface area contributed by atoms with E-state index in [-0.39, 0.29) is 6.03 Å². The molecule has 19 heavy (non-hydrogen) atoms. The average Bonchev–Trinajstić information content (AvgIpc) is 2.38. The van der Waals surface area contributed by atoms with E-state index in [0.29, 0.717) is 23.1 Å². The number of amides is 2. The Labute approximate surface area is 113 Å². The van der Waals surface area contributed by atoms with Crippen molar-refractivity contribution in [3.8, 4) is 11.5 Å². The lowest BCUT2D eigenvalue weighted by Crippen LogP contribution is -2.24. The second kappa shape index (κ2) is 7.31. The highest BCUT2D eigenvalue weighted by atomic mass is 16.5. The van der Waals surface area contributed by atoms with E-state index in [0.717, 1.165) is 0 Å². The van der Waals surface area contributed by atoms with Crippen molar-refractivity contribution in [1.29, 1.82) is 0 Å². The molecule has 5 heteroatoms. The molecule has 0 aliphatic carbocycles. The van der Waals surface area contributed by atoms with Crippen LogP contribution in [0.2, 0.25) is 0 Å². The lowest BCUT2D eigenvalue weighted by atomic mass is 10.2. The number of hydrogen-bond acceptors (Lipinski definition) is 3. The van der Waals surface area contributed by atoms with Crippen LogP contribution in [0.15, 0.2) is 30.5 Å². The number of anilines is 1. The summed E-state index contributed by atoms with van der Waals surface area (Å²) in [6, 6.07) is 4.87.